The fraction of sp³-hybridized carbons (Fsp3) is 0.188. The lowest BCUT2D eigenvalue weighted by Crippen LogP contribution is -2.27. The molecule has 1 N–H and O–H groups in total. The van der Waals surface area contributed by atoms with Gasteiger partial charge in [-0.15, -0.1) is 0 Å². The first-order chi connectivity index (χ1) is 11.4. The Kier molecular flexibility index (Phi) is 5.20. The lowest BCUT2D eigenvalue weighted by Gasteiger charge is -2.14. The molecule has 1 unspecified atom stereocenters. The minimum absolute atomic E-state index is 0.000315. The first-order valence-corrected chi connectivity index (χ1v) is 7.01. The molecule has 2 aromatic rings. The zero-order valence-corrected chi connectivity index (χ0v) is 13.1. The van der Waals surface area contributed by atoms with Crippen LogP contribution >= 0.6 is 0 Å². The molecule has 0 bridgehead atoms. The predicted molar refractivity (Wildman–Crippen MR) is 84.6 cm³/mol. The summed E-state index contributed by atoms with van der Waals surface area (Å²) in [4.78, 5) is 38.3. The van der Waals surface area contributed by atoms with Gasteiger partial charge in [0.15, 0.2) is 0 Å². The number of methoxy groups -OCH3 is 1. The Hall–Kier alpha value is -3.29. The number of nitro benzene ring substituents is 1. The number of nitro groups is 1. The minimum Gasteiger partial charge on any atom is -0.465 e. The smallest absolute Gasteiger partial charge is 0.338 e. The quantitative estimate of drug-likeness (QED) is 0.511. The van der Waals surface area contributed by atoms with Gasteiger partial charge in [0.1, 0.15) is 0 Å². The van der Waals surface area contributed by atoms with Gasteiger partial charge in [0, 0.05) is 30.1 Å². The summed E-state index contributed by atoms with van der Waals surface area (Å²) in [5.74, 6) is -1.30. The topological polar surface area (TPSA) is 111 Å². The predicted octanol–water partition coefficient (Wildman–Crippen LogP) is 2.27. The van der Waals surface area contributed by atoms with Crippen LogP contribution in [-0.4, -0.2) is 28.9 Å². The highest BCUT2D eigenvalue weighted by Crippen LogP contribution is 2.19. The Morgan fingerprint density at radius 3 is 2.58 bits per heavy atom. The van der Waals surface area contributed by atoms with E-state index >= 15 is 0 Å². The van der Waals surface area contributed by atoms with E-state index in [0.29, 0.717) is 0 Å². The molecule has 1 atom stereocenters. The number of pyridine rings is 1. The van der Waals surface area contributed by atoms with Gasteiger partial charge in [-0.3, -0.25) is 19.9 Å². The molecule has 0 aliphatic heterocycles. The average Bonchev–Trinajstić information content (AvgIpc) is 2.61. The summed E-state index contributed by atoms with van der Waals surface area (Å²) in [7, 11) is 1.16. The maximum atomic E-state index is 12.4. The first kappa shape index (κ1) is 17.1. The minimum atomic E-state index is -0.756. The van der Waals surface area contributed by atoms with Crippen LogP contribution in [0.1, 0.15) is 39.2 Å². The van der Waals surface area contributed by atoms with E-state index in [2.05, 4.69) is 15.0 Å². The number of hydrogen-bond donors (Lipinski definition) is 1. The molecule has 2 rings (SSSR count). The van der Waals surface area contributed by atoms with Crippen LogP contribution in [0.5, 0.6) is 0 Å². The third kappa shape index (κ3) is 3.92. The molecule has 0 aliphatic carbocycles. The van der Waals surface area contributed by atoms with Crippen LogP contribution in [0, 0.1) is 10.1 Å². The van der Waals surface area contributed by atoms with Crippen LogP contribution in [0.2, 0.25) is 0 Å². The average molecular weight is 329 g/mol. The second kappa shape index (κ2) is 7.32. The number of carbonyl (C=O) groups excluding carboxylic acids is 2. The maximum Gasteiger partial charge on any atom is 0.338 e. The Morgan fingerprint density at radius 2 is 2.00 bits per heavy atom. The number of esters is 1. The van der Waals surface area contributed by atoms with Gasteiger partial charge in [-0.25, -0.2) is 4.79 Å². The zero-order valence-electron chi connectivity index (χ0n) is 13.1. The van der Waals surface area contributed by atoms with E-state index in [-0.39, 0.29) is 22.9 Å². The molecule has 0 spiro atoms. The number of rotatable bonds is 5. The molecule has 0 saturated carbocycles. The van der Waals surface area contributed by atoms with Gasteiger partial charge in [-0.1, -0.05) is 6.07 Å². The van der Waals surface area contributed by atoms with Crippen molar-refractivity contribution in [2.45, 2.75) is 13.0 Å². The van der Waals surface area contributed by atoms with E-state index < -0.39 is 16.8 Å². The Balaban J connectivity index is 2.29. The number of hydrogen-bond acceptors (Lipinski definition) is 6. The monoisotopic (exact) mass is 329 g/mol. The van der Waals surface area contributed by atoms with Crippen LogP contribution in [0.25, 0.3) is 0 Å². The number of amides is 1. The van der Waals surface area contributed by atoms with Gasteiger partial charge < -0.3 is 10.1 Å². The molecule has 0 saturated heterocycles. The van der Waals surface area contributed by atoms with Crippen molar-refractivity contribution in [3.05, 3.63) is 69.5 Å². The molecule has 124 valence electrons. The second-order valence-electron chi connectivity index (χ2n) is 5.00. The second-order valence-corrected chi connectivity index (χ2v) is 5.00. The Labute approximate surface area is 137 Å². The molecule has 1 aromatic carbocycles. The number of benzene rings is 1. The van der Waals surface area contributed by atoms with Crippen molar-refractivity contribution < 1.29 is 19.2 Å². The SMILES string of the molecule is COC(=O)c1cc(C(=O)NC(C)c2cccnc2)cc([N+](=O)[O-])c1. The van der Waals surface area contributed by atoms with Gasteiger partial charge in [-0.05, 0) is 24.6 Å². The maximum absolute atomic E-state index is 12.4. The third-order valence-corrected chi connectivity index (χ3v) is 3.34. The lowest BCUT2D eigenvalue weighted by molar-refractivity contribution is -0.384. The zero-order chi connectivity index (χ0) is 17.7. The molecule has 8 nitrogen and oxygen atoms in total. The number of ether oxygens (including phenoxy) is 1. The summed E-state index contributed by atoms with van der Waals surface area (Å²) in [5.41, 5.74) is 0.354. The molecule has 1 amide bonds. The summed E-state index contributed by atoms with van der Waals surface area (Å²) < 4.78 is 4.55. The van der Waals surface area contributed by atoms with E-state index in [1.165, 1.54) is 6.07 Å². The van der Waals surface area contributed by atoms with Crippen LogP contribution in [0.15, 0.2) is 42.7 Å². The van der Waals surface area contributed by atoms with Gasteiger partial charge in [-0.2, -0.15) is 0 Å². The summed E-state index contributed by atoms with van der Waals surface area (Å²) in [6, 6.07) is 6.60. The van der Waals surface area contributed by atoms with Gasteiger partial charge in [0.2, 0.25) is 0 Å². The van der Waals surface area contributed by atoms with Crippen LogP contribution < -0.4 is 5.32 Å². The molecular formula is C16H15N3O5. The summed E-state index contributed by atoms with van der Waals surface area (Å²) in [6.07, 6.45) is 3.22. The summed E-state index contributed by atoms with van der Waals surface area (Å²) in [6.45, 7) is 1.76. The molecule has 0 radical (unpaired) electrons. The van der Waals surface area contributed by atoms with Crippen molar-refractivity contribution in [2.24, 2.45) is 0 Å². The van der Waals surface area contributed by atoms with E-state index in [9.17, 15) is 19.7 Å². The van der Waals surface area contributed by atoms with E-state index in [0.717, 1.165) is 24.8 Å². The third-order valence-electron chi connectivity index (χ3n) is 3.34. The Morgan fingerprint density at radius 1 is 1.29 bits per heavy atom. The number of nitrogens with one attached hydrogen (secondary N) is 1. The van der Waals surface area contributed by atoms with E-state index in [4.69, 9.17) is 0 Å². The van der Waals surface area contributed by atoms with Gasteiger partial charge in [0.05, 0.1) is 23.6 Å². The van der Waals surface area contributed by atoms with Crippen molar-refractivity contribution in [1.82, 2.24) is 10.3 Å². The normalized spacial score (nSPS) is 11.4. The molecule has 0 fully saturated rings. The fourth-order valence-corrected chi connectivity index (χ4v) is 2.08. The number of non-ortho nitro benzene ring substituents is 1. The first-order valence-electron chi connectivity index (χ1n) is 7.01. The molecule has 1 heterocycles. The summed E-state index contributed by atoms with van der Waals surface area (Å²) >= 11 is 0. The van der Waals surface area contributed by atoms with Crippen molar-refractivity contribution >= 4 is 17.6 Å². The van der Waals surface area contributed by atoms with Gasteiger partial charge >= 0.3 is 5.97 Å². The highest BCUT2D eigenvalue weighted by atomic mass is 16.6. The van der Waals surface area contributed by atoms with E-state index in [1.807, 2.05) is 0 Å². The van der Waals surface area contributed by atoms with Crippen molar-refractivity contribution in [3.8, 4) is 0 Å². The summed E-state index contributed by atoms with van der Waals surface area (Å²) in [5, 5.41) is 13.7. The fourth-order valence-electron chi connectivity index (χ4n) is 2.08. The molecule has 0 aliphatic rings. The molecule has 8 heteroatoms. The Bertz CT molecular complexity index is 777. The number of aromatic nitrogens is 1. The van der Waals surface area contributed by atoms with Crippen LogP contribution in [0.4, 0.5) is 5.69 Å². The van der Waals surface area contributed by atoms with Crippen molar-refractivity contribution in [2.75, 3.05) is 7.11 Å². The van der Waals surface area contributed by atoms with Crippen LogP contribution in [0.3, 0.4) is 0 Å². The molecule has 1 aromatic heterocycles. The largest absolute Gasteiger partial charge is 0.465 e. The lowest BCUT2D eigenvalue weighted by atomic mass is 10.1. The highest BCUT2D eigenvalue weighted by molar-refractivity contribution is 5.99. The molecular weight excluding hydrogens is 314 g/mol. The highest BCUT2D eigenvalue weighted by Gasteiger charge is 2.19. The molecule has 24 heavy (non-hydrogen) atoms. The number of carbonyl (C=O) groups is 2. The van der Waals surface area contributed by atoms with Gasteiger partial charge in [0.25, 0.3) is 11.6 Å². The standard InChI is InChI=1S/C16H15N3O5/c1-10(11-4-3-5-17-9-11)18-15(20)12-6-13(16(21)24-2)8-14(7-12)19(22)23/h3-10H,1-2H3,(H,18,20). The van der Waals surface area contributed by atoms with Crippen molar-refractivity contribution in [3.63, 3.8) is 0 Å². The van der Waals surface area contributed by atoms with Crippen molar-refractivity contribution in [1.29, 1.82) is 0 Å². The van der Waals surface area contributed by atoms with Crippen LogP contribution in [-0.2, 0) is 4.74 Å². The van der Waals surface area contributed by atoms with E-state index in [1.54, 1.807) is 31.5 Å². The number of nitrogens with zero attached hydrogens (tertiary/aromatic N) is 2.